The van der Waals surface area contributed by atoms with Crippen molar-refractivity contribution < 1.29 is 29.3 Å². The molecule has 130 valence electrons. The number of nitrogens with zero attached hydrogens (tertiary/aromatic N) is 1. The summed E-state index contributed by atoms with van der Waals surface area (Å²) in [5.41, 5.74) is 0.0916. The number of anilines is 1. The zero-order valence-electron chi connectivity index (χ0n) is 13.2. The fourth-order valence-electron chi connectivity index (χ4n) is 2.78. The molecule has 0 saturated carbocycles. The van der Waals surface area contributed by atoms with Gasteiger partial charge in [-0.15, -0.1) is 0 Å². The van der Waals surface area contributed by atoms with Gasteiger partial charge in [-0.3, -0.25) is 14.9 Å². The third-order valence-corrected chi connectivity index (χ3v) is 4.10. The van der Waals surface area contributed by atoms with Crippen LogP contribution in [0.5, 0.6) is 5.75 Å². The Bertz CT molecular complexity index is 640. The van der Waals surface area contributed by atoms with Gasteiger partial charge in [-0.1, -0.05) is 0 Å². The number of hydrogen-bond donors (Lipinski definition) is 2. The normalized spacial score (nSPS) is 20.2. The lowest BCUT2D eigenvalue weighted by Crippen LogP contribution is -3.14. The molecule has 0 atom stereocenters. The van der Waals surface area contributed by atoms with E-state index in [1.807, 2.05) is 0 Å². The summed E-state index contributed by atoms with van der Waals surface area (Å²) in [6, 6.07) is 4.20. The number of ether oxygens (including phenoxy) is 1. The molecular weight excluding hydrogens is 318 g/mol. The summed E-state index contributed by atoms with van der Waals surface area (Å²) in [4.78, 5) is 34.2. The lowest BCUT2D eigenvalue weighted by Gasteiger charge is -2.29. The highest BCUT2D eigenvalue weighted by Gasteiger charge is 2.25. The van der Waals surface area contributed by atoms with Crippen molar-refractivity contribution in [2.45, 2.75) is 12.8 Å². The molecule has 1 saturated heterocycles. The number of nitro groups is 1. The van der Waals surface area contributed by atoms with Gasteiger partial charge >= 0.3 is 5.69 Å². The molecule has 0 bridgehead atoms. The zero-order chi connectivity index (χ0) is 17.7. The molecule has 2 N–H and O–H groups in total. The number of benzene rings is 1. The van der Waals surface area contributed by atoms with E-state index < -0.39 is 16.8 Å². The van der Waals surface area contributed by atoms with E-state index in [1.165, 1.54) is 25.3 Å². The van der Waals surface area contributed by atoms with E-state index in [9.17, 15) is 24.8 Å². The van der Waals surface area contributed by atoms with Crippen LogP contribution in [-0.2, 0) is 9.59 Å². The highest BCUT2D eigenvalue weighted by molar-refractivity contribution is 5.92. The minimum Gasteiger partial charge on any atom is -0.550 e. The van der Waals surface area contributed by atoms with E-state index in [0.29, 0.717) is 31.6 Å². The van der Waals surface area contributed by atoms with Gasteiger partial charge in [0.2, 0.25) is 0 Å². The number of hydrogen-bond acceptors (Lipinski definition) is 6. The molecule has 1 amide bonds. The molecule has 24 heavy (non-hydrogen) atoms. The van der Waals surface area contributed by atoms with Crippen LogP contribution in [0.2, 0.25) is 0 Å². The smallest absolute Gasteiger partial charge is 0.312 e. The quantitative estimate of drug-likeness (QED) is 0.485. The van der Waals surface area contributed by atoms with Gasteiger partial charge in [0.25, 0.3) is 5.91 Å². The predicted octanol–water partition coefficient (Wildman–Crippen LogP) is -1.41. The molecule has 9 nitrogen and oxygen atoms in total. The Balaban J connectivity index is 1.92. The maximum atomic E-state index is 12.1. The van der Waals surface area contributed by atoms with Crippen molar-refractivity contribution in [2.75, 3.05) is 32.1 Å². The van der Waals surface area contributed by atoms with Crippen molar-refractivity contribution in [3.8, 4) is 5.75 Å². The van der Waals surface area contributed by atoms with Crippen LogP contribution in [0, 0.1) is 16.0 Å². The standard InChI is InChI=1S/C15H19N3O6/c1-24-13-3-2-11(8-12(13)18(22)23)16-14(19)9-17-6-4-10(5-7-17)15(20)21/h2-3,8,10H,4-7,9H2,1H3,(H,16,19)(H,20,21). The predicted molar refractivity (Wildman–Crippen MR) is 81.6 cm³/mol. The number of quaternary nitrogens is 1. The molecule has 9 heteroatoms. The minimum absolute atomic E-state index is 0.118. The van der Waals surface area contributed by atoms with Gasteiger partial charge in [-0.05, 0) is 12.1 Å². The van der Waals surface area contributed by atoms with Crippen LogP contribution in [0.15, 0.2) is 18.2 Å². The van der Waals surface area contributed by atoms with Crippen molar-refractivity contribution in [1.29, 1.82) is 0 Å². The number of methoxy groups -OCH3 is 1. The molecule has 1 aliphatic rings. The van der Waals surface area contributed by atoms with Crippen LogP contribution in [0.4, 0.5) is 11.4 Å². The molecule has 1 fully saturated rings. The molecule has 1 aromatic carbocycles. The van der Waals surface area contributed by atoms with Crippen molar-refractivity contribution in [3.05, 3.63) is 28.3 Å². The number of carboxylic acids is 1. The Hall–Kier alpha value is -2.68. The maximum Gasteiger partial charge on any atom is 0.312 e. The Morgan fingerprint density at radius 1 is 1.38 bits per heavy atom. The Kier molecular flexibility index (Phi) is 5.69. The van der Waals surface area contributed by atoms with E-state index in [-0.39, 0.29) is 23.9 Å². The molecule has 0 radical (unpaired) electrons. The summed E-state index contributed by atoms with van der Waals surface area (Å²) in [6.45, 7) is 1.34. The summed E-state index contributed by atoms with van der Waals surface area (Å²) >= 11 is 0. The Morgan fingerprint density at radius 3 is 2.58 bits per heavy atom. The molecule has 0 unspecified atom stereocenters. The van der Waals surface area contributed by atoms with Crippen molar-refractivity contribution >= 4 is 23.3 Å². The summed E-state index contributed by atoms with van der Waals surface area (Å²) in [6.07, 6.45) is 0.970. The molecule has 0 aromatic heterocycles. The molecule has 1 heterocycles. The number of likely N-dealkylation sites (tertiary alicyclic amines) is 1. The Labute approximate surface area is 138 Å². The molecule has 1 aromatic rings. The van der Waals surface area contributed by atoms with Gasteiger partial charge in [0.05, 0.1) is 25.1 Å². The number of nitro benzene ring substituents is 1. The van der Waals surface area contributed by atoms with Gasteiger partial charge in [0.1, 0.15) is 0 Å². The molecule has 0 aliphatic carbocycles. The van der Waals surface area contributed by atoms with E-state index in [0.717, 1.165) is 4.90 Å². The third kappa shape index (κ3) is 4.42. The van der Waals surface area contributed by atoms with E-state index in [2.05, 4.69) is 5.32 Å². The van der Waals surface area contributed by atoms with Crippen molar-refractivity contribution in [3.63, 3.8) is 0 Å². The highest BCUT2D eigenvalue weighted by Crippen LogP contribution is 2.29. The first-order chi connectivity index (χ1) is 11.4. The average Bonchev–Trinajstić information content (AvgIpc) is 2.55. The lowest BCUT2D eigenvalue weighted by atomic mass is 9.97. The van der Waals surface area contributed by atoms with Gasteiger partial charge in [-0.25, -0.2) is 0 Å². The first-order valence-corrected chi connectivity index (χ1v) is 7.57. The number of rotatable bonds is 6. The lowest BCUT2D eigenvalue weighted by molar-refractivity contribution is -0.897. The van der Waals surface area contributed by atoms with Crippen molar-refractivity contribution in [2.24, 2.45) is 5.92 Å². The summed E-state index contributed by atoms with van der Waals surface area (Å²) in [5.74, 6) is -1.64. The summed E-state index contributed by atoms with van der Waals surface area (Å²) in [7, 11) is 1.33. The number of aliphatic carboxylic acids is 1. The van der Waals surface area contributed by atoms with Gasteiger partial charge in [0, 0.05) is 36.5 Å². The molecular formula is C15H19N3O6. The monoisotopic (exact) mass is 337 g/mol. The fraction of sp³-hybridized carbons (Fsp3) is 0.467. The second-order valence-electron chi connectivity index (χ2n) is 5.71. The maximum absolute atomic E-state index is 12.1. The fourth-order valence-corrected chi connectivity index (χ4v) is 2.78. The number of nitrogens with one attached hydrogen (secondary N) is 2. The largest absolute Gasteiger partial charge is 0.550 e. The van der Waals surface area contributed by atoms with Gasteiger partial charge in [0.15, 0.2) is 12.3 Å². The second kappa shape index (κ2) is 7.73. The second-order valence-corrected chi connectivity index (χ2v) is 5.71. The molecule has 2 rings (SSSR count). The van der Waals surface area contributed by atoms with E-state index in [4.69, 9.17) is 4.74 Å². The first kappa shape index (κ1) is 17.7. The number of carbonyl (C=O) groups excluding carboxylic acids is 2. The zero-order valence-corrected chi connectivity index (χ0v) is 13.2. The molecule has 1 aliphatic heterocycles. The number of piperidine rings is 1. The number of carboxylic acid groups (broad SMARTS) is 1. The topological polar surface area (TPSA) is 126 Å². The van der Waals surface area contributed by atoms with Crippen LogP contribution in [0.3, 0.4) is 0 Å². The van der Waals surface area contributed by atoms with Crippen LogP contribution in [0.25, 0.3) is 0 Å². The van der Waals surface area contributed by atoms with E-state index >= 15 is 0 Å². The minimum atomic E-state index is -1.04. The highest BCUT2D eigenvalue weighted by atomic mass is 16.6. The van der Waals surface area contributed by atoms with Gasteiger partial charge < -0.3 is 24.9 Å². The summed E-state index contributed by atoms with van der Waals surface area (Å²) < 4.78 is 4.91. The SMILES string of the molecule is COc1ccc(NC(=O)C[NH+]2CCC(C(=O)[O-])CC2)cc1[N+](=O)[O-]. The van der Waals surface area contributed by atoms with Crippen LogP contribution < -0.4 is 20.1 Å². The van der Waals surface area contributed by atoms with Crippen LogP contribution >= 0.6 is 0 Å². The average molecular weight is 337 g/mol. The number of amides is 1. The molecule has 0 spiro atoms. The number of carbonyl (C=O) groups is 2. The first-order valence-electron chi connectivity index (χ1n) is 7.57. The van der Waals surface area contributed by atoms with Gasteiger partial charge in [-0.2, -0.15) is 0 Å². The summed E-state index contributed by atoms with van der Waals surface area (Å²) in [5, 5.41) is 24.4. The van der Waals surface area contributed by atoms with Crippen molar-refractivity contribution in [1.82, 2.24) is 0 Å². The Morgan fingerprint density at radius 2 is 2.04 bits per heavy atom. The third-order valence-electron chi connectivity index (χ3n) is 4.10. The van der Waals surface area contributed by atoms with Crippen LogP contribution in [-0.4, -0.2) is 43.5 Å². The van der Waals surface area contributed by atoms with E-state index in [1.54, 1.807) is 0 Å². The van der Waals surface area contributed by atoms with Crippen LogP contribution in [0.1, 0.15) is 12.8 Å².